The minimum absolute atomic E-state index is 0.197. The Balaban J connectivity index is 1.08. The molecule has 0 fully saturated rings. The lowest BCUT2D eigenvalue weighted by Gasteiger charge is -2.12. The molecule has 14 nitrogen and oxygen atoms in total. The highest BCUT2D eigenvalue weighted by atomic mass is 16.3. The van der Waals surface area contributed by atoms with Crippen LogP contribution in [0.5, 0.6) is 5.75 Å². The van der Waals surface area contributed by atoms with Crippen molar-refractivity contribution in [1.29, 1.82) is 0 Å². The molecule has 4 aromatic carbocycles. The first kappa shape index (κ1) is 32.4. The van der Waals surface area contributed by atoms with Crippen LogP contribution < -0.4 is 37.6 Å². The summed E-state index contributed by atoms with van der Waals surface area (Å²) in [5, 5.41) is 28.8. The van der Waals surface area contributed by atoms with Crippen molar-refractivity contribution in [3.8, 4) is 5.75 Å². The van der Waals surface area contributed by atoms with Gasteiger partial charge < -0.3 is 42.7 Å². The van der Waals surface area contributed by atoms with Crippen LogP contribution in [0, 0.1) is 0 Å². The maximum atomic E-state index is 9.56. The quantitative estimate of drug-likeness (QED) is 0.0597. The Morgan fingerprint density at radius 3 is 1.24 bits per heavy atom. The largest absolute Gasteiger partial charge is 0.508 e. The van der Waals surface area contributed by atoms with Gasteiger partial charge in [-0.2, -0.15) is 29.9 Å². The Bertz CT molecular complexity index is 1910. The molecular weight excluding hydrogens is 618 g/mol. The van der Waals surface area contributed by atoms with Gasteiger partial charge in [0.25, 0.3) is 0 Å². The fraction of sp³-hybridized carbons (Fsp3) is 0.143. The number of phenolic OH excluding ortho intramolecular Hbond substituents is 1. The number of hydrogen-bond donors (Lipinski definition) is 8. The molecule has 248 valence electrons. The van der Waals surface area contributed by atoms with E-state index in [1.54, 1.807) is 12.1 Å². The molecule has 0 aliphatic rings. The molecule has 49 heavy (non-hydrogen) atoms. The molecule has 0 amide bonds. The van der Waals surface area contributed by atoms with E-state index in [0.717, 1.165) is 41.0 Å². The standard InChI is InChI=1S/C35H37N13O/c36-23-39-32-43-30(44-33(47-32)40-26-7-3-1-4-8-26)37-21-19-24-11-15-28(16-12-24)42-35-46-31(38-22-20-25-13-17-29(49)18-14-25)45-34(48-35)41-27-9-5-2-6-10-27/h1-18,49H,19-23,36H2,(H3,37,39,40,43,44,47)(H3,38,41,42,45,46,48). The molecule has 6 aromatic rings. The van der Waals surface area contributed by atoms with Crippen LogP contribution in [0.3, 0.4) is 0 Å². The van der Waals surface area contributed by atoms with Crippen LogP contribution in [0.15, 0.2) is 109 Å². The Morgan fingerprint density at radius 2 is 0.796 bits per heavy atom. The van der Waals surface area contributed by atoms with Crippen molar-refractivity contribution in [3.63, 3.8) is 0 Å². The fourth-order valence-corrected chi connectivity index (χ4v) is 4.73. The predicted molar refractivity (Wildman–Crippen MR) is 194 cm³/mol. The van der Waals surface area contributed by atoms with Gasteiger partial charge in [-0.25, -0.2) is 0 Å². The van der Waals surface area contributed by atoms with E-state index in [1.807, 2.05) is 97.1 Å². The summed E-state index contributed by atoms with van der Waals surface area (Å²) in [4.78, 5) is 27.1. The third kappa shape index (κ3) is 9.97. The molecule has 0 aliphatic heterocycles. The lowest BCUT2D eigenvalue weighted by molar-refractivity contribution is 0.475. The molecule has 0 bridgehead atoms. The minimum atomic E-state index is 0.197. The number of nitrogens with two attached hydrogens (primary N) is 1. The summed E-state index contributed by atoms with van der Waals surface area (Å²) in [6.07, 6.45) is 1.47. The molecule has 9 N–H and O–H groups in total. The van der Waals surface area contributed by atoms with Gasteiger partial charge in [0.2, 0.25) is 35.7 Å². The van der Waals surface area contributed by atoms with Gasteiger partial charge in [-0.1, -0.05) is 60.7 Å². The number of benzene rings is 4. The number of phenols is 1. The zero-order valence-electron chi connectivity index (χ0n) is 26.6. The number of para-hydroxylation sites is 2. The first-order valence-corrected chi connectivity index (χ1v) is 15.8. The van der Waals surface area contributed by atoms with Crippen LogP contribution in [-0.2, 0) is 12.8 Å². The third-order valence-corrected chi connectivity index (χ3v) is 7.13. The van der Waals surface area contributed by atoms with Gasteiger partial charge in [-0.3, -0.25) is 0 Å². The summed E-state index contributed by atoms with van der Waals surface area (Å²) in [5.41, 5.74) is 10.4. The monoisotopic (exact) mass is 655 g/mol. The number of nitrogens with one attached hydrogen (secondary N) is 6. The number of aromatic hydroxyl groups is 1. The molecule has 14 heteroatoms. The van der Waals surface area contributed by atoms with Gasteiger partial charge in [-0.05, 0) is 72.5 Å². The Labute approximate surface area is 283 Å². The molecule has 2 aromatic heterocycles. The summed E-state index contributed by atoms with van der Waals surface area (Å²) in [5.74, 6) is 2.70. The zero-order chi connectivity index (χ0) is 33.7. The van der Waals surface area contributed by atoms with E-state index in [-0.39, 0.29) is 12.4 Å². The van der Waals surface area contributed by atoms with Crippen molar-refractivity contribution in [3.05, 3.63) is 120 Å². The number of aromatic nitrogens is 6. The number of rotatable bonds is 16. The number of hydrogen-bond acceptors (Lipinski definition) is 14. The van der Waals surface area contributed by atoms with Crippen molar-refractivity contribution in [2.24, 2.45) is 5.73 Å². The van der Waals surface area contributed by atoms with Gasteiger partial charge >= 0.3 is 0 Å². The smallest absolute Gasteiger partial charge is 0.233 e. The van der Waals surface area contributed by atoms with Crippen molar-refractivity contribution < 1.29 is 5.11 Å². The zero-order valence-corrected chi connectivity index (χ0v) is 26.6. The molecule has 0 spiro atoms. The predicted octanol–water partition coefficient (Wildman–Crippen LogP) is 5.63. The van der Waals surface area contributed by atoms with Gasteiger partial charge in [0.1, 0.15) is 5.75 Å². The second-order valence-corrected chi connectivity index (χ2v) is 10.8. The minimum Gasteiger partial charge on any atom is -0.508 e. The summed E-state index contributed by atoms with van der Waals surface area (Å²) in [6, 6.07) is 34.6. The first-order valence-electron chi connectivity index (χ1n) is 15.8. The molecule has 6 rings (SSSR count). The van der Waals surface area contributed by atoms with E-state index in [0.29, 0.717) is 48.8 Å². The highest BCUT2D eigenvalue weighted by molar-refractivity contribution is 5.60. The highest BCUT2D eigenvalue weighted by Gasteiger charge is 2.10. The average Bonchev–Trinajstić information content (AvgIpc) is 3.11. The van der Waals surface area contributed by atoms with Crippen molar-refractivity contribution in [1.82, 2.24) is 29.9 Å². The second-order valence-electron chi connectivity index (χ2n) is 10.8. The van der Waals surface area contributed by atoms with Crippen LogP contribution in [0.1, 0.15) is 11.1 Å². The Hall–Kier alpha value is -6.54. The van der Waals surface area contributed by atoms with E-state index < -0.39 is 0 Å². The highest BCUT2D eigenvalue weighted by Crippen LogP contribution is 2.20. The van der Waals surface area contributed by atoms with E-state index in [2.05, 4.69) is 61.8 Å². The van der Waals surface area contributed by atoms with Gasteiger partial charge in [0.15, 0.2) is 0 Å². The van der Waals surface area contributed by atoms with E-state index in [9.17, 15) is 5.11 Å². The Kier molecular flexibility index (Phi) is 10.8. The van der Waals surface area contributed by atoms with Crippen LogP contribution in [0.25, 0.3) is 0 Å². The third-order valence-electron chi connectivity index (χ3n) is 7.13. The van der Waals surface area contributed by atoms with Gasteiger partial charge in [0, 0.05) is 30.2 Å². The van der Waals surface area contributed by atoms with Crippen LogP contribution >= 0.6 is 0 Å². The first-order chi connectivity index (χ1) is 24.1. The molecule has 0 saturated heterocycles. The van der Waals surface area contributed by atoms with Gasteiger partial charge in [0.05, 0.1) is 6.67 Å². The van der Waals surface area contributed by atoms with Crippen molar-refractivity contribution in [2.75, 3.05) is 51.7 Å². The lowest BCUT2D eigenvalue weighted by atomic mass is 10.1. The van der Waals surface area contributed by atoms with E-state index in [1.165, 1.54) is 0 Å². The van der Waals surface area contributed by atoms with Gasteiger partial charge in [-0.15, -0.1) is 0 Å². The molecule has 0 atom stereocenters. The van der Waals surface area contributed by atoms with E-state index >= 15 is 0 Å². The van der Waals surface area contributed by atoms with E-state index in [4.69, 9.17) is 5.73 Å². The molecule has 0 radical (unpaired) electrons. The van der Waals surface area contributed by atoms with Crippen molar-refractivity contribution >= 4 is 52.8 Å². The maximum Gasteiger partial charge on any atom is 0.233 e. The molecular formula is C35H37N13O. The van der Waals surface area contributed by atoms with Crippen LogP contribution in [0.4, 0.5) is 52.8 Å². The summed E-state index contributed by atoms with van der Waals surface area (Å²) >= 11 is 0. The molecule has 0 unspecified atom stereocenters. The summed E-state index contributed by atoms with van der Waals surface area (Å²) in [6.45, 7) is 1.40. The summed E-state index contributed by atoms with van der Waals surface area (Å²) in [7, 11) is 0. The SMILES string of the molecule is NCNc1nc(NCCc2ccc(Nc3nc(NCCc4ccc(O)cc4)nc(Nc4ccccc4)n3)cc2)nc(Nc2ccccc2)n1. The topological polar surface area (TPSA) is 196 Å². The van der Waals surface area contributed by atoms with Crippen LogP contribution in [-0.4, -0.2) is 54.8 Å². The molecule has 0 aliphatic carbocycles. The van der Waals surface area contributed by atoms with Crippen LogP contribution in [0.2, 0.25) is 0 Å². The number of nitrogens with zero attached hydrogens (tertiary/aromatic N) is 6. The maximum absolute atomic E-state index is 9.56. The normalized spacial score (nSPS) is 10.6. The number of anilines is 9. The Morgan fingerprint density at radius 1 is 0.429 bits per heavy atom. The summed E-state index contributed by atoms with van der Waals surface area (Å²) < 4.78 is 0. The van der Waals surface area contributed by atoms with Crippen molar-refractivity contribution in [2.45, 2.75) is 12.8 Å². The lowest BCUT2D eigenvalue weighted by Crippen LogP contribution is -2.16. The fourth-order valence-electron chi connectivity index (χ4n) is 4.73. The molecule has 2 heterocycles. The average molecular weight is 656 g/mol. The molecule has 0 saturated carbocycles. The second kappa shape index (κ2) is 16.3.